The van der Waals surface area contributed by atoms with E-state index in [-0.39, 0.29) is 6.03 Å². The Morgan fingerprint density at radius 3 is 2.63 bits per heavy atom. The topological polar surface area (TPSA) is 50.2 Å². The molecular weight excluding hydrogens is 336 g/mol. The lowest BCUT2D eigenvalue weighted by Gasteiger charge is -2.22. The van der Waals surface area contributed by atoms with E-state index in [1.807, 2.05) is 53.2 Å². The van der Waals surface area contributed by atoms with Crippen LogP contribution < -0.4 is 5.32 Å². The van der Waals surface area contributed by atoms with Crippen LogP contribution in [0.2, 0.25) is 0 Å². The fourth-order valence-corrected chi connectivity index (χ4v) is 2.90. The Bertz CT molecular complexity index is 859. The average molecular weight is 360 g/mol. The van der Waals surface area contributed by atoms with Crippen LogP contribution in [0.1, 0.15) is 16.7 Å². The fourth-order valence-electron chi connectivity index (χ4n) is 2.90. The zero-order valence-corrected chi connectivity index (χ0v) is 15.3. The van der Waals surface area contributed by atoms with Crippen molar-refractivity contribution in [2.45, 2.75) is 19.6 Å². The molecule has 27 heavy (non-hydrogen) atoms. The van der Waals surface area contributed by atoms with Crippen LogP contribution in [0.15, 0.2) is 86.0 Å². The van der Waals surface area contributed by atoms with Crippen molar-refractivity contribution in [3.05, 3.63) is 103 Å². The van der Waals surface area contributed by atoms with Crippen molar-refractivity contribution in [3.63, 3.8) is 0 Å². The molecule has 0 unspecified atom stereocenters. The second-order valence-corrected chi connectivity index (χ2v) is 6.37. The third-order valence-electron chi connectivity index (χ3n) is 4.21. The summed E-state index contributed by atoms with van der Waals surface area (Å²) in [6.45, 7) is 6.06. The first-order valence-electron chi connectivity index (χ1n) is 8.96. The summed E-state index contributed by atoms with van der Waals surface area (Å²) in [7, 11) is 0. The van der Waals surface area contributed by atoms with Gasteiger partial charge in [0.05, 0.1) is 6.33 Å². The molecule has 138 valence electrons. The van der Waals surface area contributed by atoms with Gasteiger partial charge in [-0.3, -0.25) is 0 Å². The molecule has 0 aliphatic heterocycles. The maximum absolute atomic E-state index is 12.6. The number of carbonyl (C=O) groups is 1. The van der Waals surface area contributed by atoms with Crippen molar-refractivity contribution >= 4 is 6.03 Å². The highest BCUT2D eigenvalue weighted by Gasteiger charge is 2.12. The SMILES string of the molecule is C=CCN(Cc1ccccc1)C(=O)NCc1cccc(Cn2ccnc2)c1. The summed E-state index contributed by atoms with van der Waals surface area (Å²) in [5.41, 5.74) is 3.34. The van der Waals surface area contributed by atoms with Crippen molar-refractivity contribution in [1.29, 1.82) is 0 Å². The van der Waals surface area contributed by atoms with Crippen LogP contribution in [0, 0.1) is 0 Å². The van der Waals surface area contributed by atoms with Gasteiger partial charge in [0.25, 0.3) is 0 Å². The lowest BCUT2D eigenvalue weighted by molar-refractivity contribution is 0.200. The van der Waals surface area contributed by atoms with Gasteiger partial charge in [-0.25, -0.2) is 9.78 Å². The Morgan fingerprint density at radius 1 is 1.11 bits per heavy atom. The van der Waals surface area contributed by atoms with Gasteiger partial charge in [0.1, 0.15) is 0 Å². The van der Waals surface area contributed by atoms with Crippen molar-refractivity contribution in [3.8, 4) is 0 Å². The monoisotopic (exact) mass is 360 g/mol. The summed E-state index contributed by atoms with van der Waals surface area (Å²) in [6, 6.07) is 18.1. The van der Waals surface area contributed by atoms with Crippen molar-refractivity contribution < 1.29 is 4.79 Å². The molecule has 5 heteroatoms. The first-order valence-corrected chi connectivity index (χ1v) is 8.96. The van der Waals surface area contributed by atoms with E-state index in [9.17, 15) is 4.79 Å². The first-order chi connectivity index (χ1) is 13.2. The van der Waals surface area contributed by atoms with E-state index in [1.165, 1.54) is 5.56 Å². The molecule has 0 saturated carbocycles. The molecule has 0 aliphatic carbocycles. The van der Waals surface area contributed by atoms with Crippen molar-refractivity contribution in [2.24, 2.45) is 0 Å². The largest absolute Gasteiger partial charge is 0.334 e. The van der Waals surface area contributed by atoms with Crippen molar-refractivity contribution in [1.82, 2.24) is 19.8 Å². The molecule has 1 heterocycles. The molecule has 5 nitrogen and oxygen atoms in total. The molecule has 1 N–H and O–H groups in total. The number of hydrogen-bond donors (Lipinski definition) is 1. The lowest BCUT2D eigenvalue weighted by atomic mass is 10.1. The third-order valence-corrected chi connectivity index (χ3v) is 4.21. The Morgan fingerprint density at radius 2 is 1.89 bits per heavy atom. The van der Waals surface area contributed by atoms with Crippen LogP contribution in [0.3, 0.4) is 0 Å². The number of aromatic nitrogens is 2. The number of urea groups is 1. The standard InChI is InChI=1S/C22H24N4O/c1-2-12-26(17-19-7-4-3-5-8-19)22(27)24-15-20-9-6-10-21(14-20)16-25-13-11-23-18-25/h2-11,13-14,18H,1,12,15-17H2,(H,24,27). The number of nitrogens with zero attached hydrogens (tertiary/aromatic N) is 3. The molecule has 0 spiro atoms. The minimum absolute atomic E-state index is 0.0984. The van der Waals surface area contributed by atoms with Gasteiger partial charge >= 0.3 is 6.03 Å². The third kappa shape index (κ3) is 5.57. The molecule has 3 aromatic rings. The van der Waals surface area contributed by atoms with Gasteiger partial charge < -0.3 is 14.8 Å². The molecule has 2 aromatic carbocycles. The van der Waals surface area contributed by atoms with Crippen LogP contribution in [0.5, 0.6) is 0 Å². The zero-order valence-electron chi connectivity index (χ0n) is 15.3. The van der Waals surface area contributed by atoms with Gasteiger partial charge in [-0.2, -0.15) is 0 Å². The summed E-state index contributed by atoms with van der Waals surface area (Å²) >= 11 is 0. The van der Waals surface area contributed by atoms with Crippen LogP contribution in [0.4, 0.5) is 4.79 Å². The predicted octanol–water partition coefficient (Wildman–Crippen LogP) is 3.83. The van der Waals surface area contributed by atoms with Gasteiger partial charge in [-0.1, -0.05) is 60.7 Å². The van der Waals surface area contributed by atoms with E-state index in [2.05, 4.69) is 29.0 Å². The van der Waals surface area contributed by atoms with E-state index in [0.717, 1.165) is 17.7 Å². The molecule has 0 saturated heterocycles. The molecule has 0 bridgehead atoms. The molecule has 2 amide bonds. The number of amides is 2. The first kappa shape index (κ1) is 18.5. The van der Waals surface area contributed by atoms with Gasteiger partial charge in [-0.15, -0.1) is 6.58 Å². The Labute approximate surface area is 160 Å². The molecule has 3 rings (SSSR count). The number of benzene rings is 2. The van der Waals surface area contributed by atoms with Gasteiger partial charge in [0.15, 0.2) is 0 Å². The number of imidazole rings is 1. The molecule has 0 atom stereocenters. The maximum atomic E-state index is 12.6. The second kappa shape index (κ2) is 9.38. The van der Waals surface area contributed by atoms with Gasteiger partial charge in [-0.05, 0) is 16.7 Å². The van der Waals surface area contributed by atoms with Gasteiger partial charge in [0, 0.05) is 38.6 Å². The smallest absolute Gasteiger partial charge is 0.318 e. The summed E-state index contributed by atoms with van der Waals surface area (Å²) in [5.74, 6) is 0. The number of rotatable bonds is 8. The van der Waals surface area contributed by atoms with Crippen LogP contribution in [-0.4, -0.2) is 27.0 Å². The van der Waals surface area contributed by atoms with E-state index < -0.39 is 0 Å². The molecule has 0 fully saturated rings. The summed E-state index contributed by atoms with van der Waals surface area (Å²) in [4.78, 5) is 18.4. The highest BCUT2D eigenvalue weighted by Crippen LogP contribution is 2.09. The number of carbonyl (C=O) groups excluding carboxylic acids is 1. The van der Waals surface area contributed by atoms with E-state index >= 15 is 0 Å². The average Bonchev–Trinajstić information content (AvgIpc) is 3.20. The summed E-state index contributed by atoms with van der Waals surface area (Å²) in [6.07, 6.45) is 7.25. The Hall–Kier alpha value is -3.34. The zero-order chi connectivity index (χ0) is 18.9. The lowest BCUT2D eigenvalue weighted by Crippen LogP contribution is -2.39. The minimum Gasteiger partial charge on any atom is -0.334 e. The van der Waals surface area contributed by atoms with Crippen LogP contribution in [-0.2, 0) is 19.6 Å². The van der Waals surface area contributed by atoms with Crippen LogP contribution >= 0.6 is 0 Å². The normalized spacial score (nSPS) is 10.4. The number of nitrogens with one attached hydrogen (secondary N) is 1. The summed E-state index contributed by atoms with van der Waals surface area (Å²) < 4.78 is 2.02. The quantitative estimate of drug-likeness (QED) is 0.621. The predicted molar refractivity (Wildman–Crippen MR) is 107 cm³/mol. The molecule has 0 aliphatic rings. The molecule has 0 radical (unpaired) electrons. The highest BCUT2D eigenvalue weighted by molar-refractivity contribution is 5.74. The molecule has 1 aromatic heterocycles. The fraction of sp³-hybridized carbons (Fsp3) is 0.182. The van der Waals surface area contributed by atoms with E-state index in [1.54, 1.807) is 23.5 Å². The van der Waals surface area contributed by atoms with Crippen molar-refractivity contribution in [2.75, 3.05) is 6.54 Å². The van der Waals surface area contributed by atoms with E-state index in [4.69, 9.17) is 0 Å². The Kier molecular flexibility index (Phi) is 6.41. The number of hydrogen-bond acceptors (Lipinski definition) is 2. The van der Waals surface area contributed by atoms with E-state index in [0.29, 0.717) is 19.6 Å². The maximum Gasteiger partial charge on any atom is 0.318 e. The Balaban J connectivity index is 1.58. The molecular formula is C22H24N4O. The second-order valence-electron chi connectivity index (χ2n) is 6.37. The summed E-state index contributed by atoms with van der Waals surface area (Å²) in [5, 5.41) is 3.01. The minimum atomic E-state index is -0.0984. The highest BCUT2D eigenvalue weighted by atomic mass is 16.2. The van der Waals surface area contributed by atoms with Gasteiger partial charge in [0.2, 0.25) is 0 Å². The van der Waals surface area contributed by atoms with Crippen LogP contribution in [0.25, 0.3) is 0 Å².